The van der Waals surface area contributed by atoms with E-state index in [1.807, 2.05) is 0 Å². The number of halogens is 1. The predicted octanol–water partition coefficient (Wildman–Crippen LogP) is 11.4. The number of benzene rings is 1. The molecule has 0 bridgehead atoms. The number of hydrogen-bond donors (Lipinski definition) is 0. The van der Waals surface area contributed by atoms with Crippen molar-refractivity contribution in [3.05, 3.63) is 40.5 Å². The van der Waals surface area contributed by atoms with Gasteiger partial charge in [0.15, 0.2) is 6.29 Å². The Bertz CT molecular complexity index is 718. The van der Waals surface area contributed by atoms with E-state index in [9.17, 15) is 0 Å². The molecule has 1 rings (SSSR count). The highest BCUT2D eigenvalue weighted by Gasteiger charge is 2.10. The molecule has 2 nitrogen and oxygen atoms in total. The summed E-state index contributed by atoms with van der Waals surface area (Å²) < 4.78 is 12.3. The van der Waals surface area contributed by atoms with E-state index in [0.29, 0.717) is 7.28 Å². The summed E-state index contributed by atoms with van der Waals surface area (Å²) in [6, 6.07) is 2.42. The van der Waals surface area contributed by atoms with Crippen LogP contribution in [0.3, 0.4) is 0 Å². The topological polar surface area (TPSA) is 18.5 Å². The fraction of sp³-hybridized carbons (Fsp3) is 0.765. The molecule has 4 heteroatoms. The van der Waals surface area contributed by atoms with Crippen LogP contribution in [-0.2, 0) is 15.9 Å². The van der Waals surface area contributed by atoms with Crippen molar-refractivity contribution in [1.29, 1.82) is 0 Å². The van der Waals surface area contributed by atoms with Crippen molar-refractivity contribution in [3.8, 4) is 0 Å². The van der Waals surface area contributed by atoms with E-state index in [-0.39, 0.29) is 6.29 Å². The average molecular weight is 612 g/mol. The fourth-order valence-corrected chi connectivity index (χ4v) is 6.72. The summed E-state index contributed by atoms with van der Waals surface area (Å²) in [6.07, 6.45) is 27.2. The highest BCUT2D eigenvalue weighted by atomic mass is 79.9. The molecule has 0 aromatic heterocycles. The molecular weight excluding hydrogens is 551 g/mol. The lowest BCUT2D eigenvalue weighted by atomic mass is 9.95. The largest absolute Gasteiger partial charge is 0.353 e. The van der Waals surface area contributed by atoms with Gasteiger partial charge in [-0.05, 0) is 113 Å². The van der Waals surface area contributed by atoms with Crippen LogP contribution in [0.4, 0.5) is 0 Å². The molecule has 0 radical (unpaired) electrons. The van der Waals surface area contributed by atoms with E-state index in [1.165, 1.54) is 137 Å². The summed E-state index contributed by atoms with van der Waals surface area (Å²) in [5.41, 5.74) is 5.94. The van der Waals surface area contributed by atoms with Crippen molar-refractivity contribution < 1.29 is 9.47 Å². The van der Waals surface area contributed by atoms with E-state index >= 15 is 0 Å². The molecule has 1 atom stereocenters. The number of aryl methyl sites for hydroxylation is 1. The Balaban J connectivity index is 2.22. The Morgan fingerprint density at radius 3 is 1.82 bits per heavy atom. The minimum atomic E-state index is 0.00218. The molecule has 220 valence electrons. The quantitative estimate of drug-likeness (QED) is 0.0474. The van der Waals surface area contributed by atoms with Gasteiger partial charge in [0.25, 0.3) is 0 Å². The maximum absolute atomic E-state index is 6.16. The van der Waals surface area contributed by atoms with Crippen LogP contribution < -0.4 is 5.30 Å². The van der Waals surface area contributed by atoms with E-state index in [4.69, 9.17) is 9.47 Å². The Morgan fingerprint density at radius 2 is 1.24 bits per heavy atom. The van der Waals surface area contributed by atoms with E-state index in [1.54, 1.807) is 0 Å². The van der Waals surface area contributed by atoms with E-state index < -0.39 is 0 Å². The molecule has 0 heterocycles. The molecule has 1 aromatic carbocycles. The summed E-state index contributed by atoms with van der Waals surface area (Å²) in [5, 5.41) is 1.47. The summed E-state index contributed by atoms with van der Waals surface area (Å²) in [6.45, 7) is 13.1. The first-order chi connectivity index (χ1) is 18.5. The number of unbranched alkanes of at least 4 members (excludes halogenated alkanes) is 12. The molecule has 1 unspecified atom stereocenters. The van der Waals surface area contributed by atoms with Crippen molar-refractivity contribution in [1.82, 2.24) is 0 Å². The normalized spacial score (nSPS) is 12.2. The second-order valence-corrected chi connectivity index (χ2v) is 13.0. The van der Waals surface area contributed by atoms with Gasteiger partial charge in [-0.25, -0.2) is 0 Å². The van der Waals surface area contributed by atoms with E-state index in [2.05, 4.69) is 68.3 Å². The van der Waals surface area contributed by atoms with Crippen LogP contribution in [0.5, 0.6) is 0 Å². The van der Waals surface area contributed by atoms with Crippen molar-refractivity contribution in [3.63, 3.8) is 0 Å². The Hall–Kier alpha value is -0.210. The smallest absolute Gasteiger partial charge is 0.157 e. The van der Waals surface area contributed by atoms with Gasteiger partial charge in [-0.3, -0.25) is 0 Å². The number of allylic oxidation sites excluding steroid dienone is 2. The molecule has 1 aromatic rings. The van der Waals surface area contributed by atoms with Gasteiger partial charge < -0.3 is 9.47 Å². The zero-order valence-electron chi connectivity index (χ0n) is 25.6. The van der Waals surface area contributed by atoms with E-state index in [0.717, 1.165) is 19.6 Å². The number of ether oxygens (including phenoxy) is 2. The second kappa shape index (κ2) is 24.6. The van der Waals surface area contributed by atoms with Gasteiger partial charge in [0.05, 0.1) is 0 Å². The predicted molar refractivity (Wildman–Crippen MR) is 176 cm³/mol. The second-order valence-electron chi connectivity index (χ2n) is 11.1. The molecule has 0 amide bonds. The third-order valence-electron chi connectivity index (χ3n) is 7.83. The van der Waals surface area contributed by atoms with Gasteiger partial charge in [-0.1, -0.05) is 105 Å². The van der Waals surface area contributed by atoms with Gasteiger partial charge in [0.1, 0.15) is 0 Å². The number of rotatable bonds is 25. The standard InChI is InChI=1S/C34H60BrO2P/c1-6-8-10-18-22-26-36-34(37-27-23-19-11-9-7-2)25-21-17-15-13-12-14-16-20-24-32-28-33(38-35)31(5)29(3)30(32)4/h12,14,28,34,38H,6-11,13,15-27H2,1-5H3/b14-12-. The molecule has 0 spiro atoms. The lowest BCUT2D eigenvalue weighted by Gasteiger charge is -2.19. The van der Waals surface area contributed by atoms with Crippen LogP contribution in [0.1, 0.15) is 145 Å². The van der Waals surface area contributed by atoms with Crippen molar-refractivity contribution in [2.75, 3.05) is 13.2 Å². The van der Waals surface area contributed by atoms with Gasteiger partial charge >= 0.3 is 0 Å². The summed E-state index contributed by atoms with van der Waals surface area (Å²) in [4.78, 5) is 0. The lowest BCUT2D eigenvalue weighted by Crippen LogP contribution is -2.19. The van der Waals surface area contributed by atoms with Crippen molar-refractivity contribution in [2.24, 2.45) is 0 Å². The van der Waals surface area contributed by atoms with Crippen LogP contribution in [0.25, 0.3) is 0 Å². The molecule has 0 saturated heterocycles. The molecule has 0 aliphatic carbocycles. The molecular formula is C34H60BrO2P. The van der Waals surface area contributed by atoms with Crippen LogP contribution in [-0.4, -0.2) is 19.5 Å². The first-order valence-electron chi connectivity index (χ1n) is 15.9. The van der Waals surface area contributed by atoms with Crippen molar-refractivity contribution >= 4 is 28.1 Å². The summed E-state index contributed by atoms with van der Waals surface area (Å²) in [7, 11) is 0.702. The molecule has 0 saturated carbocycles. The minimum Gasteiger partial charge on any atom is -0.353 e. The Morgan fingerprint density at radius 1 is 0.684 bits per heavy atom. The van der Waals surface area contributed by atoms with Gasteiger partial charge in [0, 0.05) is 13.2 Å². The van der Waals surface area contributed by atoms with Crippen LogP contribution in [0.15, 0.2) is 18.2 Å². The third kappa shape index (κ3) is 16.8. The van der Waals surface area contributed by atoms with Crippen LogP contribution >= 0.6 is 22.8 Å². The molecule has 0 aliphatic heterocycles. The monoisotopic (exact) mass is 610 g/mol. The molecule has 0 N–H and O–H groups in total. The number of hydrogen-bond acceptors (Lipinski definition) is 2. The molecule has 0 fully saturated rings. The molecule has 38 heavy (non-hydrogen) atoms. The maximum atomic E-state index is 6.16. The molecule has 0 aliphatic rings. The van der Waals surface area contributed by atoms with Gasteiger partial charge in [0.2, 0.25) is 0 Å². The van der Waals surface area contributed by atoms with Crippen LogP contribution in [0, 0.1) is 20.8 Å². The average Bonchev–Trinajstić information content (AvgIpc) is 2.92. The summed E-state index contributed by atoms with van der Waals surface area (Å²) >= 11 is 3.68. The summed E-state index contributed by atoms with van der Waals surface area (Å²) in [5.74, 6) is 0. The Labute approximate surface area is 247 Å². The highest BCUT2D eigenvalue weighted by molar-refractivity contribution is 9.37. The van der Waals surface area contributed by atoms with Gasteiger partial charge in [-0.2, -0.15) is 0 Å². The lowest BCUT2D eigenvalue weighted by molar-refractivity contribution is -0.148. The highest BCUT2D eigenvalue weighted by Crippen LogP contribution is 2.27. The zero-order chi connectivity index (χ0) is 27.8. The van der Waals surface area contributed by atoms with Gasteiger partial charge in [-0.15, -0.1) is 0 Å². The third-order valence-corrected chi connectivity index (χ3v) is 9.83. The maximum Gasteiger partial charge on any atom is 0.157 e. The van der Waals surface area contributed by atoms with Crippen LogP contribution in [0.2, 0.25) is 0 Å². The first kappa shape index (κ1) is 35.8. The van der Waals surface area contributed by atoms with Crippen molar-refractivity contribution in [2.45, 2.75) is 156 Å². The first-order valence-corrected chi connectivity index (χ1v) is 19.1. The SMILES string of the molecule is CCCCCCCOC(CCCCC/C=C\CCCc1cc(PBr)c(C)c(C)c1C)OCCCCCCC. The minimum absolute atomic E-state index is 0.00218. The fourth-order valence-electron chi connectivity index (χ4n) is 4.92. The zero-order valence-corrected chi connectivity index (χ0v) is 28.2. The Kier molecular flexibility index (Phi) is 23.2.